The summed E-state index contributed by atoms with van der Waals surface area (Å²) in [7, 11) is -3.77. The highest BCUT2D eigenvalue weighted by Gasteiger charge is 2.14. The zero-order chi connectivity index (χ0) is 13.6. The Morgan fingerprint density at radius 2 is 1.83 bits per heavy atom. The maximum atomic E-state index is 11.6. The number of hydrogen-bond acceptors (Lipinski definition) is 3. The van der Waals surface area contributed by atoms with Crippen LogP contribution >= 0.6 is 0 Å². The molecule has 0 fully saturated rings. The maximum absolute atomic E-state index is 11.6. The van der Waals surface area contributed by atoms with Crippen molar-refractivity contribution in [2.45, 2.75) is 20.3 Å². The molecular formula is C12H18N2O3S. The lowest BCUT2D eigenvalue weighted by atomic mass is 10.1. The van der Waals surface area contributed by atoms with E-state index in [0.29, 0.717) is 18.0 Å². The Bertz CT molecular complexity index is 483. The SMILES string of the molecule is CC(C)CCNS(=O)(=O)NC(=O)c1ccccc1. The summed E-state index contributed by atoms with van der Waals surface area (Å²) in [6.07, 6.45) is 0.723. The average Bonchev–Trinajstić information content (AvgIpc) is 2.28. The largest absolute Gasteiger partial charge is 0.301 e. The summed E-state index contributed by atoms with van der Waals surface area (Å²) in [5, 5.41) is 0. The van der Waals surface area contributed by atoms with Crippen LogP contribution in [0.4, 0.5) is 0 Å². The predicted molar refractivity (Wildman–Crippen MR) is 70.3 cm³/mol. The Labute approximate surface area is 108 Å². The molecule has 0 saturated carbocycles. The second-order valence-electron chi connectivity index (χ2n) is 4.38. The molecule has 0 saturated heterocycles. The molecule has 2 N–H and O–H groups in total. The second-order valence-corrected chi connectivity index (χ2v) is 5.88. The minimum absolute atomic E-state index is 0.312. The Hall–Kier alpha value is -1.40. The van der Waals surface area contributed by atoms with Gasteiger partial charge in [0.1, 0.15) is 0 Å². The van der Waals surface area contributed by atoms with E-state index in [9.17, 15) is 13.2 Å². The van der Waals surface area contributed by atoms with Gasteiger partial charge in [0.2, 0.25) is 0 Å². The fourth-order valence-corrected chi connectivity index (χ4v) is 2.11. The first-order chi connectivity index (χ1) is 8.41. The van der Waals surface area contributed by atoms with Gasteiger partial charge in [0.15, 0.2) is 0 Å². The van der Waals surface area contributed by atoms with Crippen molar-refractivity contribution in [2.24, 2.45) is 5.92 Å². The van der Waals surface area contributed by atoms with Crippen LogP contribution in [0.3, 0.4) is 0 Å². The molecule has 18 heavy (non-hydrogen) atoms. The molecule has 1 aromatic rings. The van der Waals surface area contributed by atoms with E-state index in [1.807, 2.05) is 18.6 Å². The van der Waals surface area contributed by atoms with Crippen molar-refractivity contribution in [3.63, 3.8) is 0 Å². The second kappa shape index (κ2) is 6.51. The van der Waals surface area contributed by atoms with Crippen LogP contribution in [0.2, 0.25) is 0 Å². The number of carbonyl (C=O) groups is 1. The van der Waals surface area contributed by atoms with Gasteiger partial charge in [-0.2, -0.15) is 13.1 Å². The first-order valence-electron chi connectivity index (χ1n) is 5.77. The van der Waals surface area contributed by atoms with Gasteiger partial charge in [-0.15, -0.1) is 0 Å². The van der Waals surface area contributed by atoms with Gasteiger partial charge >= 0.3 is 10.2 Å². The van der Waals surface area contributed by atoms with E-state index in [1.54, 1.807) is 30.3 Å². The summed E-state index contributed by atoms with van der Waals surface area (Å²) in [5.74, 6) is -0.231. The van der Waals surface area contributed by atoms with Gasteiger partial charge in [0.25, 0.3) is 5.91 Å². The van der Waals surface area contributed by atoms with E-state index >= 15 is 0 Å². The molecule has 0 radical (unpaired) electrons. The van der Waals surface area contributed by atoms with Crippen molar-refractivity contribution in [3.8, 4) is 0 Å². The number of nitrogens with one attached hydrogen (secondary N) is 2. The number of rotatable bonds is 6. The first kappa shape index (κ1) is 14.7. The maximum Gasteiger partial charge on any atom is 0.301 e. The van der Waals surface area contributed by atoms with Crippen LogP contribution < -0.4 is 9.44 Å². The lowest BCUT2D eigenvalue weighted by Crippen LogP contribution is -2.40. The molecule has 1 aromatic carbocycles. The summed E-state index contributed by atoms with van der Waals surface area (Å²) in [6.45, 7) is 4.31. The predicted octanol–water partition coefficient (Wildman–Crippen LogP) is 1.30. The molecule has 1 amide bonds. The highest BCUT2D eigenvalue weighted by molar-refractivity contribution is 7.88. The van der Waals surface area contributed by atoms with Crippen LogP contribution in [0.1, 0.15) is 30.6 Å². The minimum Gasteiger partial charge on any atom is -0.268 e. The lowest BCUT2D eigenvalue weighted by molar-refractivity contribution is 0.0981. The number of benzene rings is 1. The zero-order valence-electron chi connectivity index (χ0n) is 10.5. The molecule has 6 heteroatoms. The Balaban J connectivity index is 2.53. The van der Waals surface area contributed by atoms with Gasteiger partial charge in [-0.1, -0.05) is 32.0 Å². The Morgan fingerprint density at radius 3 is 2.39 bits per heavy atom. The smallest absolute Gasteiger partial charge is 0.268 e. The molecule has 0 atom stereocenters. The van der Waals surface area contributed by atoms with Gasteiger partial charge in [-0.05, 0) is 24.5 Å². The van der Waals surface area contributed by atoms with Gasteiger partial charge in [-0.3, -0.25) is 4.79 Å². The minimum atomic E-state index is -3.77. The highest BCUT2D eigenvalue weighted by Crippen LogP contribution is 1.99. The standard InChI is InChI=1S/C12H18N2O3S/c1-10(2)8-9-13-18(16,17)14-12(15)11-6-4-3-5-7-11/h3-7,10,13H,8-9H2,1-2H3,(H,14,15). The molecule has 0 aliphatic carbocycles. The molecule has 0 aromatic heterocycles. The third-order valence-electron chi connectivity index (χ3n) is 2.28. The van der Waals surface area contributed by atoms with Crippen LogP contribution in [-0.4, -0.2) is 20.9 Å². The number of amides is 1. The number of hydrogen-bond donors (Lipinski definition) is 2. The van der Waals surface area contributed by atoms with Crippen molar-refractivity contribution in [2.75, 3.05) is 6.54 Å². The van der Waals surface area contributed by atoms with E-state index in [4.69, 9.17) is 0 Å². The molecule has 0 aliphatic heterocycles. The molecule has 5 nitrogen and oxygen atoms in total. The number of carbonyl (C=O) groups excluding carboxylic acids is 1. The summed E-state index contributed by atoms with van der Waals surface area (Å²) in [6, 6.07) is 8.21. The zero-order valence-corrected chi connectivity index (χ0v) is 11.3. The van der Waals surface area contributed by atoms with Crippen LogP contribution in [0, 0.1) is 5.92 Å². The molecule has 1 rings (SSSR count). The van der Waals surface area contributed by atoms with Crippen molar-refractivity contribution in [3.05, 3.63) is 35.9 Å². The van der Waals surface area contributed by atoms with Crippen LogP contribution in [0.15, 0.2) is 30.3 Å². The topological polar surface area (TPSA) is 75.3 Å². The fourth-order valence-electron chi connectivity index (χ4n) is 1.29. The van der Waals surface area contributed by atoms with Crippen LogP contribution in [-0.2, 0) is 10.2 Å². The monoisotopic (exact) mass is 270 g/mol. The van der Waals surface area contributed by atoms with Crippen LogP contribution in [0.25, 0.3) is 0 Å². The van der Waals surface area contributed by atoms with Crippen LogP contribution in [0.5, 0.6) is 0 Å². The lowest BCUT2D eigenvalue weighted by Gasteiger charge is -2.09. The Kier molecular flexibility index (Phi) is 5.30. The summed E-state index contributed by atoms with van der Waals surface area (Å²) in [5.41, 5.74) is 0.312. The molecule has 0 heterocycles. The first-order valence-corrected chi connectivity index (χ1v) is 7.26. The molecule has 0 bridgehead atoms. The quantitative estimate of drug-likeness (QED) is 0.818. The molecule has 100 valence electrons. The van der Waals surface area contributed by atoms with Gasteiger partial charge < -0.3 is 0 Å². The normalized spacial score (nSPS) is 11.5. The van der Waals surface area contributed by atoms with Crippen molar-refractivity contribution in [1.29, 1.82) is 0 Å². The van der Waals surface area contributed by atoms with E-state index in [2.05, 4.69) is 4.72 Å². The van der Waals surface area contributed by atoms with E-state index in [1.165, 1.54) is 0 Å². The molecule has 0 unspecified atom stereocenters. The summed E-state index contributed by atoms with van der Waals surface area (Å²) < 4.78 is 27.4. The van der Waals surface area contributed by atoms with Crippen molar-refractivity contribution in [1.82, 2.24) is 9.44 Å². The molecule has 0 spiro atoms. The summed E-state index contributed by atoms with van der Waals surface area (Å²) in [4.78, 5) is 11.6. The van der Waals surface area contributed by atoms with Crippen molar-refractivity contribution >= 4 is 16.1 Å². The van der Waals surface area contributed by atoms with E-state index in [0.717, 1.165) is 6.42 Å². The van der Waals surface area contributed by atoms with Gasteiger partial charge in [-0.25, -0.2) is 4.72 Å². The highest BCUT2D eigenvalue weighted by atomic mass is 32.2. The van der Waals surface area contributed by atoms with E-state index < -0.39 is 16.1 Å². The third kappa shape index (κ3) is 5.29. The van der Waals surface area contributed by atoms with Gasteiger partial charge in [0, 0.05) is 12.1 Å². The van der Waals surface area contributed by atoms with Crippen molar-refractivity contribution < 1.29 is 13.2 Å². The summed E-state index contributed by atoms with van der Waals surface area (Å²) >= 11 is 0. The Morgan fingerprint density at radius 1 is 1.22 bits per heavy atom. The third-order valence-corrected chi connectivity index (χ3v) is 3.32. The molecule has 0 aliphatic rings. The van der Waals surface area contributed by atoms with E-state index in [-0.39, 0.29) is 0 Å². The fraction of sp³-hybridized carbons (Fsp3) is 0.417. The van der Waals surface area contributed by atoms with Gasteiger partial charge in [0.05, 0.1) is 0 Å². The molecular weight excluding hydrogens is 252 g/mol. The average molecular weight is 270 g/mol.